The quantitative estimate of drug-likeness (QED) is 0.685. The van der Waals surface area contributed by atoms with Crippen LogP contribution in [0.1, 0.15) is 11.1 Å². The molecule has 1 amide bonds. The molecule has 21 heavy (non-hydrogen) atoms. The van der Waals surface area contributed by atoms with Crippen molar-refractivity contribution in [2.24, 2.45) is 5.10 Å². The van der Waals surface area contributed by atoms with Crippen LogP contribution < -0.4 is 5.01 Å². The van der Waals surface area contributed by atoms with E-state index in [1.54, 1.807) is 0 Å². The van der Waals surface area contributed by atoms with Gasteiger partial charge in [0.25, 0.3) is 5.91 Å². The molecule has 0 atom stereocenters. The van der Waals surface area contributed by atoms with E-state index in [1.165, 1.54) is 5.01 Å². The van der Waals surface area contributed by atoms with E-state index in [-0.39, 0.29) is 5.91 Å². The molecule has 0 aliphatic carbocycles. The lowest BCUT2D eigenvalue weighted by molar-refractivity contribution is -0.116. The molecule has 0 saturated heterocycles. The molecule has 0 saturated carbocycles. The summed E-state index contributed by atoms with van der Waals surface area (Å²) in [4.78, 5) is 12.6. The van der Waals surface area contributed by atoms with E-state index < -0.39 is 3.23 Å². The minimum atomic E-state index is -0.995. The van der Waals surface area contributed by atoms with Gasteiger partial charge in [0.2, 0.25) is 3.23 Å². The molecule has 2 aromatic rings. The van der Waals surface area contributed by atoms with Crippen molar-refractivity contribution in [3.8, 4) is 0 Å². The Hall–Kier alpha value is -1.46. The summed E-state index contributed by atoms with van der Waals surface area (Å²) < 4.78 is -0.995. The van der Waals surface area contributed by atoms with Crippen LogP contribution in [0.4, 0.5) is 5.69 Å². The summed E-state index contributed by atoms with van der Waals surface area (Å²) in [5.41, 5.74) is 3.39. The molecule has 0 aromatic heterocycles. The molecule has 0 unspecified atom stereocenters. The van der Waals surface area contributed by atoms with E-state index in [4.69, 9.17) is 0 Å². The van der Waals surface area contributed by atoms with Gasteiger partial charge in [0, 0.05) is 5.56 Å². The average molecular weight is 408 g/mol. The number of halogens is 2. The fourth-order valence-corrected chi connectivity index (χ4v) is 3.16. The van der Waals surface area contributed by atoms with Gasteiger partial charge in [-0.1, -0.05) is 74.3 Å². The summed E-state index contributed by atoms with van der Waals surface area (Å²) in [6.45, 7) is 1.99. The van der Waals surface area contributed by atoms with Crippen molar-refractivity contribution in [2.75, 3.05) is 5.01 Å². The largest absolute Gasteiger partial charge is 0.281 e. The highest BCUT2D eigenvalue weighted by atomic mass is 79.9. The first-order valence-corrected chi connectivity index (χ1v) is 8.02. The number of aryl methyl sites for hydroxylation is 1. The molecule has 0 spiro atoms. The highest BCUT2D eigenvalue weighted by Gasteiger charge is 2.48. The van der Waals surface area contributed by atoms with E-state index in [0.29, 0.717) is 5.71 Å². The third kappa shape index (κ3) is 2.56. The molecule has 3 nitrogen and oxygen atoms in total. The van der Waals surface area contributed by atoms with Crippen molar-refractivity contribution >= 4 is 49.2 Å². The number of hydrazone groups is 1. The number of anilines is 1. The van der Waals surface area contributed by atoms with Crippen LogP contribution in [-0.4, -0.2) is 14.9 Å². The van der Waals surface area contributed by atoms with Crippen LogP contribution >= 0.6 is 31.9 Å². The Morgan fingerprint density at radius 2 is 1.76 bits per heavy atom. The number of alkyl halides is 2. The lowest BCUT2D eigenvalue weighted by Gasteiger charge is -2.16. The standard InChI is InChI=1S/C16H12Br2N2O/c1-11-6-5-9-13(10-11)20-15(21)16(17,18)14(19-20)12-7-3-2-4-8-12/h2-10H,1H3. The van der Waals surface area contributed by atoms with Gasteiger partial charge in [0.05, 0.1) is 5.69 Å². The van der Waals surface area contributed by atoms with Crippen molar-refractivity contribution in [1.82, 2.24) is 0 Å². The molecule has 1 aliphatic rings. The summed E-state index contributed by atoms with van der Waals surface area (Å²) in [7, 11) is 0. The molecule has 1 heterocycles. The molecular formula is C16H12Br2N2O. The van der Waals surface area contributed by atoms with Gasteiger partial charge >= 0.3 is 0 Å². The van der Waals surface area contributed by atoms with Gasteiger partial charge in [0.15, 0.2) is 0 Å². The maximum Gasteiger partial charge on any atom is 0.281 e. The Kier molecular flexibility index (Phi) is 3.71. The molecule has 5 heteroatoms. The zero-order valence-electron chi connectivity index (χ0n) is 11.3. The molecule has 3 rings (SSSR count). The minimum Gasteiger partial charge on any atom is -0.269 e. The number of carbonyl (C=O) groups excluding carboxylic acids is 1. The SMILES string of the molecule is Cc1cccc(N2N=C(c3ccccc3)C(Br)(Br)C2=O)c1. The second-order valence-corrected chi connectivity index (χ2v) is 8.29. The molecule has 1 aliphatic heterocycles. The first-order valence-electron chi connectivity index (χ1n) is 6.43. The van der Waals surface area contributed by atoms with Gasteiger partial charge in [-0.2, -0.15) is 10.1 Å². The summed E-state index contributed by atoms with van der Waals surface area (Å²) in [6, 6.07) is 17.4. The predicted octanol–water partition coefficient (Wildman–Crippen LogP) is 4.23. The van der Waals surface area contributed by atoms with E-state index in [9.17, 15) is 4.79 Å². The second-order valence-electron chi connectivity index (χ2n) is 4.84. The highest BCUT2D eigenvalue weighted by Crippen LogP contribution is 2.40. The van der Waals surface area contributed by atoms with Crippen molar-refractivity contribution in [1.29, 1.82) is 0 Å². The zero-order chi connectivity index (χ0) is 15.0. The first-order chi connectivity index (χ1) is 10.00. The monoisotopic (exact) mass is 406 g/mol. The van der Waals surface area contributed by atoms with E-state index in [2.05, 4.69) is 37.0 Å². The lowest BCUT2D eigenvalue weighted by Crippen LogP contribution is -2.35. The number of hydrogen-bond acceptors (Lipinski definition) is 2. The molecule has 106 valence electrons. The van der Waals surface area contributed by atoms with Crippen LogP contribution in [0.3, 0.4) is 0 Å². The molecule has 0 fully saturated rings. The van der Waals surface area contributed by atoms with Crippen LogP contribution in [0.5, 0.6) is 0 Å². The van der Waals surface area contributed by atoms with E-state index >= 15 is 0 Å². The predicted molar refractivity (Wildman–Crippen MR) is 92.2 cm³/mol. The summed E-state index contributed by atoms with van der Waals surface area (Å²) in [6.07, 6.45) is 0. The van der Waals surface area contributed by atoms with Crippen LogP contribution in [-0.2, 0) is 4.79 Å². The fourth-order valence-electron chi connectivity index (χ4n) is 2.21. The topological polar surface area (TPSA) is 32.7 Å². The van der Waals surface area contributed by atoms with Crippen LogP contribution in [0.25, 0.3) is 0 Å². The third-order valence-electron chi connectivity index (χ3n) is 3.25. The Morgan fingerprint density at radius 3 is 2.43 bits per heavy atom. The molecular weight excluding hydrogens is 396 g/mol. The molecule has 0 bridgehead atoms. The lowest BCUT2D eigenvalue weighted by atomic mass is 10.1. The van der Waals surface area contributed by atoms with E-state index in [0.717, 1.165) is 16.8 Å². The van der Waals surface area contributed by atoms with Gasteiger partial charge in [-0.15, -0.1) is 0 Å². The van der Waals surface area contributed by atoms with Crippen molar-refractivity contribution in [3.63, 3.8) is 0 Å². The fraction of sp³-hybridized carbons (Fsp3) is 0.125. The number of benzene rings is 2. The molecule has 0 radical (unpaired) electrons. The van der Waals surface area contributed by atoms with Gasteiger partial charge in [-0.25, -0.2) is 0 Å². The second kappa shape index (κ2) is 5.39. The number of carbonyl (C=O) groups is 1. The molecule has 0 N–H and O–H groups in total. The van der Waals surface area contributed by atoms with Crippen LogP contribution in [0.15, 0.2) is 59.7 Å². The summed E-state index contributed by atoms with van der Waals surface area (Å²) in [5, 5.41) is 5.94. The van der Waals surface area contributed by atoms with Gasteiger partial charge in [0.1, 0.15) is 5.71 Å². The Labute approximate surface area is 139 Å². The number of amides is 1. The normalized spacial score (nSPS) is 17.0. The molecule has 2 aromatic carbocycles. The van der Waals surface area contributed by atoms with Gasteiger partial charge in [-0.05, 0) is 24.6 Å². The first kappa shape index (κ1) is 14.5. The van der Waals surface area contributed by atoms with Crippen molar-refractivity contribution in [2.45, 2.75) is 10.2 Å². The van der Waals surface area contributed by atoms with Crippen LogP contribution in [0, 0.1) is 6.92 Å². The Balaban J connectivity index is 2.08. The Bertz CT molecular complexity index is 726. The van der Waals surface area contributed by atoms with Gasteiger partial charge in [-0.3, -0.25) is 4.79 Å². The average Bonchev–Trinajstić information content (AvgIpc) is 2.71. The van der Waals surface area contributed by atoms with Gasteiger partial charge < -0.3 is 0 Å². The maximum absolute atomic E-state index is 12.6. The maximum atomic E-state index is 12.6. The minimum absolute atomic E-state index is 0.160. The van der Waals surface area contributed by atoms with Crippen molar-refractivity contribution in [3.05, 3.63) is 65.7 Å². The van der Waals surface area contributed by atoms with E-state index in [1.807, 2.05) is 61.5 Å². The number of nitrogens with zero attached hydrogens (tertiary/aromatic N) is 2. The van der Waals surface area contributed by atoms with Crippen LogP contribution in [0.2, 0.25) is 0 Å². The summed E-state index contributed by atoms with van der Waals surface area (Å²) >= 11 is 6.92. The Morgan fingerprint density at radius 1 is 1.05 bits per heavy atom. The van der Waals surface area contributed by atoms with Crippen molar-refractivity contribution < 1.29 is 4.79 Å². The summed E-state index contributed by atoms with van der Waals surface area (Å²) in [5.74, 6) is -0.160. The third-order valence-corrected chi connectivity index (χ3v) is 4.68. The highest BCUT2D eigenvalue weighted by molar-refractivity contribution is 9.26. The number of rotatable bonds is 2. The zero-order valence-corrected chi connectivity index (χ0v) is 14.4. The number of hydrogen-bond donors (Lipinski definition) is 0. The smallest absolute Gasteiger partial charge is 0.269 e.